The zero-order valence-electron chi connectivity index (χ0n) is 9.55. The second kappa shape index (κ2) is 4.87. The highest BCUT2D eigenvalue weighted by molar-refractivity contribution is 9.10. The van der Waals surface area contributed by atoms with Crippen LogP contribution >= 0.6 is 15.9 Å². The predicted molar refractivity (Wildman–Crippen MR) is 70.6 cm³/mol. The maximum Gasteiger partial charge on any atom is 0.191 e. The zero-order valence-corrected chi connectivity index (χ0v) is 11.1. The van der Waals surface area contributed by atoms with Gasteiger partial charge in [-0.2, -0.15) is 0 Å². The van der Waals surface area contributed by atoms with Crippen LogP contribution in [0.2, 0.25) is 0 Å². The van der Waals surface area contributed by atoms with E-state index in [4.69, 9.17) is 0 Å². The summed E-state index contributed by atoms with van der Waals surface area (Å²) in [6.45, 7) is 5.88. The van der Waals surface area contributed by atoms with E-state index in [2.05, 4.69) is 63.6 Å². The molecule has 0 bridgehead atoms. The highest BCUT2D eigenvalue weighted by Crippen LogP contribution is 2.17. The highest BCUT2D eigenvalue weighted by Gasteiger charge is 2.11. The van der Waals surface area contributed by atoms with Crippen LogP contribution in [0.3, 0.4) is 0 Å². The van der Waals surface area contributed by atoms with Crippen LogP contribution in [0, 0.1) is 6.92 Å². The quantitative estimate of drug-likeness (QED) is 0.872. The summed E-state index contributed by atoms with van der Waals surface area (Å²) in [6, 6.07) is 6.80. The van der Waals surface area contributed by atoms with Crippen molar-refractivity contribution in [3.8, 4) is 0 Å². The molecule has 2 N–H and O–H groups in total. The molecule has 1 aliphatic rings. The van der Waals surface area contributed by atoms with Crippen LogP contribution < -0.4 is 10.6 Å². The smallest absolute Gasteiger partial charge is 0.191 e. The first-order chi connectivity index (χ1) is 7.65. The molecule has 1 aromatic carbocycles. The van der Waals surface area contributed by atoms with Crippen LogP contribution in [0.4, 0.5) is 0 Å². The van der Waals surface area contributed by atoms with Crippen molar-refractivity contribution in [2.45, 2.75) is 26.4 Å². The minimum absolute atomic E-state index is 0.448. The van der Waals surface area contributed by atoms with Gasteiger partial charge in [0.2, 0.25) is 0 Å². The second-order valence-corrected chi connectivity index (χ2v) is 5.04. The Bertz CT molecular complexity index is 415. The molecule has 0 aliphatic carbocycles. The molecular formula is C12H16BrN3. The number of nitrogens with zero attached hydrogens (tertiary/aromatic N) is 1. The molecule has 1 heterocycles. The number of hydrogen-bond donors (Lipinski definition) is 2. The van der Waals surface area contributed by atoms with Crippen molar-refractivity contribution in [3.05, 3.63) is 33.8 Å². The van der Waals surface area contributed by atoms with Gasteiger partial charge < -0.3 is 10.6 Å². The predicted octanol–water partition coefficient (Wildman–Crippen LogP) is 2.19. The van der Waals surface area contributed by atoms with Gasteiger partial charge in [0.1, 0.15) is 0 Å². The van der Waals surface area contributed by atoms with Gasteiger partial charge in [-0.25, -0.2) is 0 Å². The number of hydrogen-bond acceptors (Lipinski definition) is 3. The molecule has 0 spiro atoms. The maximum atomic E-state index is 4.36. The van der Waals surface area contributed by atoms with Gasteiger partial charge >= 0.3 is 0 Å². The van der Waals surface area contributed by atoms with Crippen molar-refractivity contribution in [2.24, 2.45) is 4.99 Å². The summed E-state index contributed by atoms with van der Waals surface area (Å²) in [5.74, 6) is 0.904. The molecule has 0 saturated heterocycles. The molecule has 2 rings (SSSR count). The Labute approximate surface area is 104 Å². The van der Waals surface area contributed by atoms with Gasteiger partial charge in [-0.15, -0.1) is 0 Å². The lowest BCUT2D eigenvalue weighted by molar-refractivity contribution is 0.713. The fourth-order valence-corrected chi connectivity index (χ4v) is 2.06. The molecule has 0 fully saturated rings. The van der Waals surface area contributed by atoms with E-state index in [0.29, 0.717) is 6.04 Å². The Balaban J connectivity index is 1.97. The van der Waals surface area contributed by atoms with Crippen LogP contribution in [0.25, 0.3) is 0 Å². The number of aryl methyl sites for hydroxylation is 1. The standard InChI is InChI=1S/C12H16BrN3/c1-8-3-4-11(13)10(5-8)7-15-12-14-6-9(2)16-12/h3-5,9H,6-7H2,1-2H3,(H2,14,15,16). The van der Waals surface area contributed by atoms with Crippen LogP contribution in [-0.2, 0) is 6.54 Å². The fraction of sp³-hybridized carbons (Fsp3) is 0.417. The van der Waals surface area contributed by atoms with Crippen LogP contribution in [0.5, 0.6) is 0 Å². The molecule has 86 valence electrons. The van der Waals surface area contributed by atoms with Crippen molar-refractivity contribution >= 4 is 21.9 Å². The molecule has 1 atom stereocenters. The van der Waals surface area contributed by atoms with E-state index in [0.717, 1.165) is 23.5 Å². The molecule has 1 aromatic rings. The molecule has 1 unspecified atom stereocenters. The number of nitrogens with one attached hydrogen (secondary N) is 2. The van der Waals surface area contributed by atoms with E-state index in [1.807, 2.05) is 0 Å². The summed E-state index contributed by atoms with van der Waals surface area (Å²) in [6.07, 6.45) is 0. The highest BCUT2D eigenvalue weighted by atomic mass is 79.9. The molecular weight excluding hydrogens is 266 g/mol. The number of rotatable bonds is 2. The average Bonchev–Trinajstić information content (AvgIpc) is 2.66. The monoisotopic (exact) mass is 281 g/mol. The Kier molecular flexibility index (Phi) is 3.49. The van der Waals surface area contributed by atoms with E-state index in [1.165, 1.54) is 11.1 Å². The third-order valence-electron chi connectivity index (χ3n) is 2.55. The minimum atomic E-state index is 0.448. The minimum Gasteiger partial charge on any atom is -0.352 e. The zero-order chi connectivity index (χ0) is 11.5. The van der Waals surface area contributed by atoms with Crippen LogP contribution in [0.15, 0.2) is 27.7 Å². The Morgan fingerprint density at radius 1 is 1.56 bits per heavy atom. The number of halogens is 1. The topological polar surface area (TPSA) is 36.4 Å². The molecule has 1 aliphatic heterocycles. The lowest BCUT2D eigenvalue weighted by atomic mass is 10.1. The number of guanidine groups is 1. The van der Waals surface area contributed by atoms with Gasteiger partial charge in [0.15, 0.2) is 5.96 Å². The first kappa shape index (κ1) is 11.5. The lowest BCUT2D eigenvalue weighted by Crippen LogP contribution is -2.37. The van der Waals surface area contributed by atoms with E-state index >= 15 is 0 Å². The van der Waals surface area contributed by atoms with Crippen molar-refractivity contribution in [1.29, 1.82) is 0 Å². The first-order valence-corrected chi connectivity index (χ1v) is 6.24. The summed E-state index contributed by atoms with van der Waals surface area (Å²) in [5, 5.41) is 6.59. The Hall–Kier alpha value is -1.03. The van der Waals surface area contributed by atoms with E-state index in [9.17, 15) is 0 Å². The van der Waals surface area contributed by atoms with Crippen LogP contribution in [0.1, 0.15) is 18.1 Å². The largest absolute Gasteiger partial charge is 0.352 e. The summed E-state index contributed by atoms with van der Waals surface area (Å²) in [5.41, 5.74) is 2.53. The Morgan fingerprint density at radius 3 is 3.06 bits per heavy atom. The molecule has 0 amide bonds. The summed E-state index contributed by atoms with van der Waals surface area (Å²) >= 11 is 3.55. The second-order valence-electron chi connectivity index (χ2n) is 4.18. The van der Waals surface area contributed by atoms with Crippen molar-refractivity contribution in [2.75, 3.05) is 6.54 Å². The molecule has 0 radical (unpaired) electrons. The summed E-state index contributed by atoms with van der Waals surface area (Å²) in [4.78, 5) is 4.36. The maximum absolute atomic E-state index is 4.36. The van der Waals surface area contributed by atoms with Crippen molar-refractivity contribution in [3.63, 3.8) is 0 Å². The van der Waals surface area contributed by atoms with Gasteiger partial charge in [-0.05, 0) is 25.5 Å². The van der Waals surface area contributed by atoms with E-state index in [1.54, 1.807) is 0 Å². The average molecular weight is 282 g/mol. The van der Waals surface area contributed by atoms with Gasteiger partial charge in [0.25, 0.3) is 0 Å². The van der Waals surface area contributed by atoms with Crippen molar-refractivity contribution in [1.82, 2.24) is 10.6 Å². The lowest BCUT2D eigenvalue weighted by Gasteiger charge is -2.10. The molecule has 16 heavy (non-hydrogen) atoms. The fourth-order valence-electron chi connectivity index (χ4n) is 1.68. The van der Waals surface area contributed by atoms with Gasteiger partial charge in [0, 0.05) is 17.1 Å². The van der Waals surface area contributed by atoms with E-state index in [-0.39, 0.29) is 0 Å². The number of benzene rings is 1. The first-order valence-electron chi connectivity index (χ1n) is 5.45. The Morgan fingerprint density at radius 2 is 2.38 bits per heavy atom. The molecule has 0 saturated carbocycles. The van der Waals surface area contributed by atoms with Crippen molar-refractivity contribution < 1.29 is 0 Å². The third kappa shape index (κ3) is 2.76. The third-order valence-corrected chi connectivity index (χ3v) is 3.33. The summed E-state index contributed by atoms with van der Waals surface area (Å²) in [7, 11) is 0. The van der Waals surface area contributed by atoms with E-state index < -0.39 is 0 Å². The van der Waals surface area contributed by atoms with Gasteiger partial charge in [-0.3, -0.25) is 4.99 Å². The number of aliphatic imine (C=N–C) groups is 1. The molecule has 4 heteroatoms. The molecule has 3 nitrogen and oxygen atoms in total. The normalized spacial score (nSPS) is 19.2. The SMILES string of the molecule is Cc1ccc(Br)c(CNC2=NCC(C)N2)c1. The summed E-state index contributed by atoms with van der Waals surface area (Å²) < 4.78 is 1.14. The van der Waals surface area contributed by atoms with Gasteiger partial charge in [-0.1, -0.05) is 33.6 Å². The van der Waals surface area contributed by atoms with Crippen LogP contribution in [-0.4, -0.2) is 18.5 Å². The molecule has 0 aromatic heterocycles. The van der Waals surface area contributed by atoms with Gasteiger partial charge in [0.05, 0.1) is 6.54 Å².